The van der Waals surface area contributed by atoms with E-state index in [0.29, 0.717) is 42.3 Å². The number of carbonyl (C=O) groups is 1. The summed E-state index contributed by atoms with van der Waals surface area (Å²) in [6.07, 6.45) is 5.97. The van der Waals surface area contributed by atoms with E-state index in [1.54, 1.807) is 54.6 Å². The van der Waals surface area contributed by atoms with Crippen molar-refractivity contribution in [2.75, 3.05) is 36.3 Å². The number of amides is 1. The van der Waals surface area contributed by atoms with Gasteiger partial charge in [-0.1, -0.05) is 31.0 Å². The van der Waals surface area contributed by atoms with Gasteiger partial charge in [0.1, 0.15) is 5.75 Å². The number of ether oxygens (including phenoxy) is 1. The van der Waals surface area contributed by atoms with Crippen LogP contribution in [0.1, 0.15) is 68.2 Å². The maximum absolute atomic E-state index is 12.9. The van der Waals surface area contributed by atoms with E-state index in [0.717, 1.165) is 57.1 Å². The molecule has 6 N–H and O–H groups in total. The van der Waals surface area contributed by atoms with Gasteiger partial charge in [-0.05, 0) is 98.3 Å². The lowest BCUT2D eigenvalue weighted by atomic mass is 10.1. The first-order chi connectivity index (χ1) is 21.2. The van der Waals surface area contributed by atoms with Crippen LogP contribution in [-0.2, 0) is 32.6 Å². The number of hydrogen-bond donors (Lipinski definition) is 6. The molecule has 3 aromatic carbocycles. The molecular formula is C33H45N3O7S. The van der Waals surface area contributed by atoms with E-state index in [4.69, 9.17) is 4.74 Å². The molecule has 11 heteroatoms. The van der Waals surface area contributed by atoms with Crippen molar-refractivity contribution in [1.29, 1.82) is 0 Å². The second kappa shape index (κ2) is 18.4. The zero-order chi connectivity index (χ0) is 31.8. The summed E-state index contributed by atoms with van der Waals surface area (Å²) in [5.41, 5.74) is 3.03. The first-order valence-corrected chi connectivity index (χ1v) is 16.5. The number of anilines is 2. The van der Waals surface area contributed by atoms with Crippen LogP contribution in [0, 0.1) is 0 Å². The van der Waals surface area contributed by atoms with Crippen LogP contribution in [0.15, 0.2) is 71.6 Å². The predicted octanol–water partition coefficient (Wildman–Crippen LogP) is 4.87. The number of aliphatic hydroxyl groups excluding tert-OH is 2. The van der Waals surface area contributed by atoms with Crippen LogP contribution in [0.2, 0.25) is 0 Å². The number of rotatable bonds is 20. The van der Waals surface area contributed by atoms with E-state index < -0.39 is 16.1 Å². The Kier molecular flexibility index (Phi) is 14.6. The maximum Gasteiger partial charge on any atom is 0.261 e. The number of aliphatic hydroxyl groups is 2. The summed E-state index contributed by atoms with van der Waals surface area (Å²) in [6.45, 7) is 3.73. The first kappa shape index (κ1) is 35.0. The highest BCUT2D eigenvalue weighted by Gasteiger charge is 2.15. The minimum atomic E-state index is -3.74. The van der Waals surface area contributed by atoms with E-state index in [1.165, 1.54) is 13.0 Å². The number of aromatic hydroxyl groups is 1. The molecule has 0 bridgehead atoms. The topological polar surface area (TPSA) is 157 Å². The van der Waals surface area contributed by atoms with Gasteiger partial charge in [0.05, 0.1) is 17.6 Å². The fourth-order valence-corrected chi connectivity index (χ4v) is 5.77. The molecule has 44 heavy (non-hydrogen) atoms. The van der Waals surface area contributed by atoms with Crippen LogP contribution < -0.4 is 15.4 Å². The SMILES string of the molecule is CC(=O)Nc1ccc(NS(=O)(=O)c2cccc(CCCCOCCCCCCNC[C@@H](O)c3ccc(O)c(CO)c3)c2)cc1. The first-order valence-electron chi connectivity index (χ1n) is 15.1. The molecule has 0 aliphatic carbocycles. The van der Waals surface area contributed by atoms with Gasteiger partial charge in [-0.15, -0.1) is 0 Å². The molecule has 1 atom stereocenters. The molecule has 0 saturated carbocycles. The highest BCUT2D eigenvalue weighted by Crippen LogP contribution is 2.23. The summed E-state index contributed by atoms with van der Waals surface area (Å²) in [7, 11) is -3.74. The van der Waals surface area contributed by atoms with E-state index >= 15 is 0 Å². The Morgan fingerprint density at radius 2 is 1.59 bits per heavy atom. The van der Waals surface area contributed by atoms with E-state index in [2.05, 4.69) is 15.4 Å². The van der Waals surface area contributed by atoms with Crippen molar-refractivity contribution in [2.45, 2.75) is 69.5 Å². The molecule has 0 spiro atoms. The van der Waals surface area contributed by atoms with Crippen LogP contribution >= 0.6 is 0 Å². The van der Waals surface area contributed by atoms with Gasteiger partial charge in [0.25, 0.3) is 10.0 Å². The number of nitrogens with one attached hydrogen (secondary N) is 3. The number of carbonyl (C=O) groups excluding carboxylic acids is 1. The van der Waals surface area contributed by atoms with Crippen LogP contribution in [0.4, 0.5) is 11.4 Å². The molecular weight excluding hydrogens is 582 g/mol. The molecule has 3 aromatic rings. The minimum Gasteiger partial charge on any atom is -0.508 e. The molecule has 0 aliphatic heterocycles. The summed E-state index contributed by atoms with van der Waals surface area (Å²) in [4.78, 5) is 11.4. The van der Waals surface area contributed by atoms with Gasteiger partial charge in [0.2, 0.25) is 5.91 Å². The number of benzene rings is 3. The van der Waals surface area contributed by atoms with Crippen molar-refractivity contribution in [3.05, 3.63) is 83.4 Å². The van der Waals surface area contributed by atoms with Gasteiger partial charge >= 0.3 is 0 Å². The fourth-order valence-electron chi connectivity index (χ4n) is 4.65. The van der Waals surface area contributed by atoms with Crippen molar-refractivity contribution < 1.29 is 33.3 Å². The van der Waals surface area contributed by atoms with Crippen molar-refractivity contribution in [3.63, 3.8) is 0 Å². The smallest absolute Gasteiger partial charge is 0.261 e. The Morgan fingerprint density at radius 3 is 2.32 bits per heavy atom. The number of aryl methyl sites for hydroxylation is 1. The zero-order valence-electron chi connectivity index (χ0n) is 25.3. The van der Waals surface area contributed by atoms with Crippen LogP contribution in [0.5, 0.6) is 5.75 Å². The van der Waals surface area contributed by atoms with Gasteiger partial charge in [0, 0.05) is 43.6 Å². The summed E-state index contributed by atoms with van der Waals surface area (Å²) < 4.78 is 34.1. The Hall–Kier alpha value is -3.48. The molecule has 10 nitrogen and oxygen atoms in total. The Balaban J connectivity index is 1.22. The zero-order valence-corrected chi connectivity index (χ0v) is 26.1. The Bertz CT molecular complexity index is 1420. The van der Waals surface area contributed by atoms with Crippen LogP contribution in [0.25, 0.3) is 0 Å². The molecule has 0 saturated heterocycles. The molecule has 0 aliphatic rings. The number of sulfonamides is 1. The maximum atomic E-state index is 12.9. The molecule has 0 unspecified atom stereocenters. The van der Waals surface area contributed by atoms with Crippen LogP contribution in [-0.4, -0.2) is 55.9 Å². The summed E-state index contributed by atoms with van der Waals surface area (Å²) in [6, 6.07) is 18.2. The minimum absolute atomic E-state index is 0.0245. The van der Waals surface area contributed by atoms with Gasteiger partial charge in [0.15, 0.2) is 0 Å². The fraction of sp³-hybridized carbons (Fsp3) is 0.424. The monoisotopic (exact) mass is 627 g/mol. The lowest BCUT2D eigenvalue weighted by Crippen LogP contribution is -2.22. The number of phenols is 1. The lowest BCUT2D eigenvalue weighted by Gasteiger charge is -2.14. The van der Waals surface area contributed by atoms with E-state index in [1.807, 2.05) is 6.07 Å². The van der Waals surface area contributed by atoms with Crippen LogP contribution in [0.3, 0.4) is 0 Å². The normalized spacial score (nSPS) is 12.2. The average molecular weight is 628 g/mol. The number of unbranched alkanes of at least 4 members (excludes halogenated alkanes) is 4. The van der Waals surface area contributed by atoms with Gasteiger partial charge in [-0.2, -0.15) is 0 Å². The molecule has 0 aromatic heterocycles. The summed E-state index contributed by atoms with van der Waals surface area (Å²) in [5, 5.41) is 35.1. The Morgan fingerprint density at radius 1 is 0.886 bits per heavy atom. The molecule has 1 amide bonds. The third-order valence-electron chi connectivity index (χ3n) is 7.06. The van der Waals surface area contributed by atoms with Crippen molar-refractivity contribution in [2.24, 2.45) is 0 Å². The molecule has 3 rings (SSSR count). The molecule has 0 fully saturated rings. The largest absolute Gasteiger partial charge is 0.508 e. The highest BCUT2D eigenvalue weighted by atomic mass is 32.2. The molecule has 0 heterocycles. The Labute approximate surface area is 260 Å². The average Bonchev–Trinajstić information content (AvgIpc) is 3.00. The third kappa shape index (κ3) is 12.3. The summed E-state index contributed by atoms with van der Waals surface area (Å²) >= 11 is 0. The third-order valence-corrected chi connectivity index (χ3v) is 8.44. The predicted molar refractivity (Wildman–Crippen MR) is 172 cm³/mol. The quantitative estimate of drug-likeness (QED) is 0.0970. The standard InChI is InChI=1S/C33H45N3O7S/c1-25(38)35-29-13-15-30(16-14-29)36-44(41,42)31-11-8-10-26(21-31)9-4-7-20-43-19-6-3-2-5-18-34-23-33(40)27-12-17-32(39)28(22-27)24-37/h8,10-17,21-22,33-34,36-37,39-40H,2-7,9,18-20,23-24H2,1H3,(H,35,38)/t33-/m1/s1. The van der Waals surface area contributed by atoms with Gasteiger partial charge < -0.3 is 30.7 Å². The van der Waals surface area contributed by atoms with E-state index in [9.17, 15) is 28.5 Å². The number of hydrogen-bond acceptors (Lipinski definition) is 8. The molecule has 0 radical (unpaired) electrons. The highest BCUT2D eigenvalue weighted by molar-refractivity contribution is 7.92. The van der Waals surface area contributed by atoms with Crippen molar-refractivity contribution in [3.8, 4) is 5.75 Å². The second-order valence-electron chi connectivity index (χ2n) is 10.8. The van der Waals surface area contributed by atoms with Crippen molar-refractivity contribution in [1.82, 2.24) is 5.32 Å². The van der Waals surface area contributed by atoms with Gasteiger partial charge in [-0.3, -0.25) is 9.52 Å². The van der Waals surface area contributed by atoms with E-state index in [-0.39, 0.29) is 23.2 Å². The molecule has 240 valence electrons. The second-order valence-corrected chi connectivity index (χ2v) is 12.4. The lowest BCUT2D eigenvalue weighted by molar-refractivity contribution is -0.114. The van der Waals surface area contributed by atoms with Gasteiger partial charge in [-0.25, -0.2) is 8.42 Å². The summed E-state index contributed by atoms with van der Waals surface area (Å²) in [5.74, 6) is -0.170. The van der Waals surface area contributed by atoms with Crippen molar-refractivity contribution >= 4 is 27.3 Å².